The molecule has 1 heterocycles. The molecule has 0 saturated carbocycles. The Hall–Kier alpha value is -6.78. The molecule has 52 heavy (non-hydrogen) atoms. The quantitative estimate of drug-likeness (QED) is 0.141. The fraction of sp³-hybridized carbons (Fsp3) is 0.0417. The van der Waals surface area contributed by atoms with Crippen LogP contribution < -0.4 is 0 Å². The Morgan fingerprint density at radius 1 is 0.577 bits per heavy atom. The highest BCUT2D eigenvalue weighted by atomic mass is 16.5. The predicted molar refractivity (Wildman–Crippen MR) is 211 cm³/mol. The molecule has 0 bridgehead atoms. The second kappa shape index (κ2) is 12.5. The summed E-state index contributed by atoms with van der Waals surface area (Å²) in [7, 11) is 0. The Kier molecular flexibility index (Phi) is 7.52. The number of benzene rings is 7. The minimum Gasteiger partial charge on any atom is -0.497 e. The van der Waals surface area contributed by atoms with Crippen LogP contribution in [0.4, 0.5) is 0 Å². The summed E-state index contributed by atoms with van der Waals surface area (Å²) in [6, 6.07) is 53.6. The minimum atomic E-state index is -0.504. The predicted octanol–water partition coefficient (Wildman–Crippen LogP) is 12.1. The standard InChI is InChI=1S/C47H31NO2.CH3N/c1-2-49-29-30-11-9-12-31(25-30)32-21-22-39-43(27-32)47(41-19-7-5-16-36(41)37-17-6-8-20-42(37)47)44-28-40(35-15-3-4-18-38(35)45(39)44)33-13-10-14-34(26-33)46-48-23-24-50-46;1-2/h2-28H,1,29H2;2H,1H2. The minimum absolute atomic E-state index is 0.490. The molecule has 1 aromatic heterocycles. The van der Waals surface area contributed by atoms with Crippen LogP contribution in [0.5, 0.6) is 0 Å². The molecular weight excluding hydrogens is 637 g/mol. The molecule has 8 aromatic rings. The van der Waals surface area contributed by atoms with Gasteiger partial charge in [-0.3, -0.25) is 0 Å². The summed E-state index contributed by atoms with van der Waals surface area (Å²) in [5, 5.41) is 7.97. The molecule has 2 aliphatic carbocycles. The summed E-state index contributed by atoms with van der Waals surface area (Å²) in [5.74, 6) is 0.618. The number of fused-ring (bicyclic) bond motifs is 12. The third-order valence-electron chi connectivity index (χ3n) is 10.6. The van der Waals surface area contributed by atoms with Crippen molar-refractivity contribution >= 4 is 17.5 Å². The van der Waals surface area contributed by atoms with Crippen molar-refractivity contribution in [1.82, 2.24) is 4.98 Å². The third-order valence-corrected chi connectivity index (χ3v) is 10.6. The number of hydrogen-bond acceptors (Lipinski definition) is 4. The molecule has 0 radical (unpaired) electrons. The van der Waals surface area contributed by atoms with E-state index < -0.39 is 5.41 Å². The molecule has 0 unspecified atom stereocenters. The normalized spacial score (nSPS) is 12.7. The molecule has 248 valence electrons. The maximum Gasteiger partial charge on any atom is 0.225 e. The van der Waals surface area contributed by atoms with E-state index in [9.17, 15) is 0 Å². The summed E-state index contributed by atoms with van der Waals surface area (Å²) < 4.78 is 11.3. The second-order valence-corrected chi connectivity index (χ2v) is 13.1. The molecule has 0 amide bonds. The topological polar surface area (TPSA) is 59.1 Å². The van der Waals surface area contributed by atoms with Gasteiger partial charge in [-0.1, -0.05) is 122 Å². The van der Waals surface area contributed by atoms with E-state index in [1.807, 2.05) is 0 Å². The van der Waals surface area contributed by atoms with E-state index in [4.69, 9.17) is 14.6 Å². The maximum absolute atomic E-state index is 5.72. The Bertz CT molecular complexity index is 2610. The summed E-state index contributed by atoms with van der Waals surface area (Å²) in [4.78, 5) is 4.45. The van der Waals surface area contributed by atoms with Crippen molar-refractivity contribution in [2.24, 2.45) is 0 Å². The summed E-state index contributed by atoms with van der Waals surface area (Å²) in [5.41, 5.74) is 16.6. The molecule has 0 atom stereocenters. The highest BCUT2D eigenvalue weighted by molar-refractivity contribution is 6.11. The van der Waals surface area contributed by atoms with Gasteiger partial charge in [0.25, 0.3) is 0 Å². The van der Waals surface area contributed by atoms with Gasteiger partial charge in [-0.25, -0.2) is 4.98 Å². The van der Waals surface area contributed by atoms with Gasteiger partial charge in [0, 0.05) is 5.56 Å². The molecule has 1 spiro atoms. The van der Waals surface area contributed by atoms with Crippen LogP contribution >= 0.6 is 0 Å². The third kappa shape index (κ3) is 4.54. The van der Waals surface area contributed by atoms with Crippen molar-refractivity contribution in [3.8, 4) is 56.0 Å². The van der Waals surface area contributed by atoms with Crippen LogP contribution in [-0.2, 0) is 16.8 Å². The number of aromatic nitrogens is 1. The number of nitrogens with one attached hydrogen (secondary N) is 1. The number of rotatable bonds is 6. The van der Waals surface area contributed by atoms with Crippen molar-refractivity contribution in [3.63, 3.8) is 0 Å². The van der Waals surface area contributed by atoms with Gasteiger partial charge in [0.15, 0.2) is 0 Å². The molecule has 0 aliphatic heterocycles. The van der Waals surface area contributed by atoms with E-state index in [1.165, 1.54) is 72.7 Å². The number of oxazole rings is 1. The van der Waals surface area contributed by atoms with Gasteiger partial charge in [-0.05, 0) is 120 Å². The molecule has 0 fully saturated rings. The van der Waals surface area contributed by atoms with Gasteiger partial charge in [0.1, 0.15) is 12.9 Å². The lowest BCUT2D eigenvalue weighted by Gasteiger charge is -2.31. The van der Waals surface area contributed by atoms with Gasteiger partial charge in [0.2, 0.25) is 5.89 Å². The zero-order valence-corrected chi connectivity index (χ0v) is 28.5. The molecule has 4 heteroatoms. The first-order valence-electron chi connectivity index (χ1n) is 17.3. The van der Waals surface area contributed by atoms with Gasteiger partial charge >= 0.3 is 0 Å². The molecule has 7 aromatic carbocycles. The van der Waals surface area contributed by atoms with Crippen molar-refractivity contribution in [3.05, 3.63) is 199 Å². The molecule has 4 nitrogen and oxygen atoms in total. The highest BCUT2D eigenvalue weighted by Crippen LogP contribution is 2.64. The summed E-state index contributed by atoms with van der Waals surface area (Å²) in [6.45, 7) is 6.72. The van der Waals surface area contributed by atoms with Gasteiger partial charge < -0.3 is 14.6 Å². The maximum atomic E-state index is 5.72. The van der Waals surface area contributed by atoms with E-state index in [2.05, 4.69) is 164 Å². The first-order valence-corrected chi connectivity index (χ1v) is 17.3. The van der Waals surface area contributed by atoms with Crippen LogP contribution in [0.15, 0.2) is 175 Å². The average Bonchev–Trinajstić information content (AvgIpc) is 3.94. The molecule has 1 N–H and O–H groups in total. The molecule has 10 rings (SSSR count). The number of hydrogen-bond donors (Lipinski definition) is 1. The molecular formula is C48H34N2O2. The Labute approximate surface area is 302 Å². The lowest BCUT2D eigenvalue weighted by atomic mass is 9.69. The average molecular weight is 671 g/mol. The van der Waals surface area contributed by atoms with Gasteiger partial charge in [0.05, 0.1) is 17.9 Å². The van der Waals surface area contributed by atoms with E-state index in [0.717, 1.165) is 22.3 Å². The van der Waals surface area contributed by atoms with E-state index in [1.54, 1.807) is 12.5 Å². The van der Waals surface area contributed by atoms with Crippen molar-refractivity contribution in [2.75, 3.05) is 0 Å². The number of nitrogens with zero attached hydrogens (tertiary/aromatic N) is 1. The van der Waals surface area contributed by atoms with Crippen molar-refractivity contribution in [2.45, 2.75) is 12.0 Å². The highest BCUT2D eigenvalue weighted by Gasteiger charge is 2.52. The lowest BCUT2D eigenvalue weighted by Crippen LogP contribution is -2.26. The fourth-order valence-corrected chi connectivity index (χ4v) is 8.59. The van der Waals surface area contributed by atoms with Crippen molar-refractivity contribution < 1.29 is 9.15 Å². The lowest BCUT2D eigenvalue weighted by molar-refractivity contribution is 0.238. The zero-order chi connectivity index (χ0) is 35.2. The van der Waals surface area contributed by atoms with Gasteiger partial charge in [-0.15, -0.1) is 0 Å². The monoisotopic (exact) mass is 670 g/mol. The molecule has 0 saturated heterocycles. The Morgan fingerprint density at radius 3 is 2.00 bits per heavy atom. The number of ether oxygens (including phenoxy) is 1. The SMILES string of the molecule is C=COCc1cccc(-c2ccc3c(c2)C2(c4ccccc4-c4ccccc42)c2cc(-c4cccc(-c5ncco5)c4)c4ccccc4c2-3)c1.C=N. The van der Waals surface area contributed by atoms with E-state index in [-0.39, 0.29) is 0 Å². The smallest absolute Gasteiger partial charge is 0.225 e. The fourth-order valence-electron chi connectivity index (χ4n) is 8.59. The molecule has 2 aliphatic rings. The van der Waals surface area contributed by atoms with Crippen molar-refractivity contribution in [1.29, 1.82) is 5.41 Å². The largest absolute Gasteiger partial charge is 0.497 e. The van der Waals surface area contributed by atoms with Gasteiger partial charge in [-0.2, -0.15) is 0 Å². The first kappa shape index (κ1) is 31.2. The van der Waals surface area contributed by atoms with E-state index in [0.29, 0.717) is 12.5 Å². The zero-order valence-electron chi connectivity index (χ0n) is 28.5. The van der Waals surface area contributed by atoms with E-state index >= 15 is 0 Å². The van der Waals surface area contributed by atoms with Crippen LogP contribution in [-0.4, -0.2) is 11.7 Å². The van der Waals surface area contributed by atoms with Crippen LogP contribution in [0.3, 0.4) is 0 Å². The van der Waals surface area contributed by atoms with Crippen LogP contribution in [0.1, 0.15) is 27.8 Å². The Balaban J connectivity index is 0.00000177. The second-order valence-electron chi connectivity index (χ2n) is 13.1. The van der Waals surface area contributed by atoms with Crippen LogP contribution in [0.25, 0.3) is 66.7 Å². The first-order chi connectivity index (χ1) is 25.8. The Morgan fingerprint density at radius 2 is 1.25 bits per heavy atom. The summed E-state index contributed by atoms with van der Waals surface area (Å²) >= 11 is 0. The van der Waals surface area contributed by atoms with Crippen LogP contribution in [0, 0.1) is 5.41 Å². The summed E-state index contributed by atoms with van der Waals surface area (Å²) in [6.07, 6.45) is 4.82. The van der Waals surface area contributed by atoms with Crippen LogP contribution in [0.2, 0.25) is 0 Å².